The zero-order valence-electron chi connectivity index (χ0n) is 22.3. The number of aliphatic hydroxyl groups is 1. The van der Waals surface area contributed by atoms with Gasteiger partial charge < -0.3 is 5.11 Å². The highest BCUT2D eigenvalue weighted by Crippen LogP contribution is 2.44. The van der Waals surface area contributed by atoms with Crippen molar-refractivity contribution in [2.24, 2.45) is 0 Å². The van der Waals surface area contributed by atoms with E-state index in [0.29, 0.717) is 24.9 Å². The summed E-state index contributed by atoms with van der Waals surface area (Å²) in [5, 5.41) is 10.2. The number of fused-ring (bicyclic) bond motifs is 1. The predicted molar refractivity (Wildman–Crippen MR) is 145 cm³/mol. The zero-order chi connectivity index (χ0) is 28.8. The molecule has 0 aromatic heterocycles. The Hall–Kier alpha value is -2.79. The van der Waals surface area contributed by atoms with Crippen LogP contribution in [0.15, 0.2) is 65.6 Å². The molecule has 1 N–H and O–H groups in total. The predicted octanol–water partition coefficient (Wildman–Crippen LogP) is 5.74. The molecule has 0 saturated carbocycles. The maximum Gasteiger partial charge on any atom is 0.417 e. The lowest BCUT2D eigenvalue weighted by Crippen LogP contribution is -2.67. The summed E-state index contributed by atoms with van der Waals surface area (Å²) in [6.45, 7) is 4.30. The minimum atomic E-state index is -4.80. The number of benzene rings is 3. The first-order valence-corrected chi connectivity index (χ1v) is 14.8. The number of nitrogens with zero attached hydrogens (tertiary/aromatic N) is 2. The fourth-order valence-electron chi connectivity index (χ4n) is 6.18. The van der Waals surface area contributed by atoms with Crippen LogP contribution in [0, 0.1) is 19.7 Å². The Morgan fingerprint density at radius 2 is 1.60 bits per heavy atom. The third kappa shape index (κ3) is 5.06. The Morgan fingerprint density at radius 3 is 2.27 bits per heavy atom. The normalized spacial score (nSPS) is 22.7. The van der Waals surface area contributed by atoms with Crippen molar-refractivity contribution in [1.29, 1.82) is 0 Å². The quantitative estimate of drug-likeness (QED) is 0.394. The van der Waals surface area contributed by atoms with Gasteiger partial charge in [-0.05, 0) is 79.3 Å². The van der Waals surface area contributed by atoms with Gasteiger partial charge >= 0.3 is 6.18 Å². The van der Waals surface area contributed by atoms with Crippen molar-refractivity contribution in [1.82, 2.24) is 9.21 Å². The van der Waals surface area contributed by atoms with Crippen LogP contribution in [-0.4, -0.2) is 61.1 Å². The lowest BCUT2D eigenvalue weighted by molar-refractivity contribution is -0.139. The van der Waals surface area contributed by atoms with Gasteiger partial charge in [-0.25, -0.2) is 12.8 Å². The summed E-state index contributed by atoms with van der Waals surface area (Å²) in [7, 11) is -4.43. The van der Waals surface area contributed by atoms with Gasteiger partial charge in [-0.1, -0.05) is 42.5 Å². The maximum absolute atomic E-state index is 14.0. The Kier molecular flexibility index (Phi) is 7.82. The number of alkyl halides is 3. The van der Waals surface area contributed by atoms with E-state index in [9.17, 15) is 31.1 Å². The molecular formula is C30H32F4N2O3S. The largest absolute Gasteiger partial charge is 0.417 e. The van der Waals surface area contributed by atoms with Gasteiger partial charge in [-0.2, -0.15) is 17.5 Å². The first kappa shape index (κ1) is 28.7. The summed E-state index contributed by atoms with van der Waals surface area (Å²) >= 11 is 0. The number of sulfonamides is 1. The van der Waals surface area contributed by atoms with Gasteiger partial charge in [0.1, 0.15) is 5.82 Å². The van der Waals surface area contributed by atoms with E-state index in [1.807, 2.05) is 31.2 Å². The summed E-state index contributed by atoms with van der Waals surface area (Å²) in [6, 6.07) is 14.7. The number of rotatable bonds is 5. The molecular weight excluding hydrogens is 544 g/mol. The van der Waals surface area contributed by atoms with Crippen molar-refractivity contribution < 1.29 is 31.1 Å². The van der Waals surface area contributed by atoms with Crippen LogP contribution in [0.4, 0.5) is 17.6 Å². The number of halogens is 4. The van der Waals surface area contributed by atoms with Crippen molar-refractivity contribution >= 4 is 10.0 Å². The van der Waals surface area contributed by atoms with E-state index in [0.717, 1.165) is 34.4 Å². The highest BCUT2D eigenvalue weighted by Gasteiger charge is 2.50. The second-order valence-electron chi connectivity index (χ2n) is 10.6. The molecule has 0 amide bonds. The number of aliphatic hydroxyl groups excluding tert-OH is 1. The van der Waals surface area contributed by atoms with Crippen LogP contribution in [0.25, 0.3) is 11.1 Å². The molecule has 3 atom stereocenters. The van der Waals surface area contributed by atoms with Gasteiger partial charge in [0, 0.05) is 31.1 Å². The van der Waals surface area contributed by atoms with Crippen LogP contribution in [0.5, 0.6) is 0 Å². The Balaban J connectivity index is 1.46. The van der Waals surface area contributed by atoms with E-state index >= 15 is 0 Å². The smallest absolute Gasteiger partial charge is 0.395 e. The third-order valence-electron chi connectivity index (χ3n) is 8.47. The van der Waals surface area contributed by atoms with Crippen LogP contribution in [0.2, 0.25) is 0 Å². The Morgan fingerprint density at radius 1 is 0.925 bits per heavy atom. The van der Waals surface area contributed by atoms with Gasteiger partial charge in [-0.15, -0.1) is 0 Å². The molecule has 2 aliphatic heterocycles. The molecule has 10 heteroatoms. The first-order valence-electron chi connectivity index (χ1n) is 13.3. The fraction of sp³-hybridized carbons (Fsp3) is 0.400. The molecule has 0 bridgehead atoms. The van der Waals surface area contributed by atoms with Gasteiger partial charge in [0.05, 0.1) is 17.1 Å². The van der Waals surface area contributed by atoms with Crippen molar-refractivity contribution in [2.45, 2.75) is 55.8 Å². The monoisotopic (exact) mass is 576 g/mol. The van der Waals surface area contributed by atoms with E-state index in [-0.39, 0.29) is 43.5 Å². The molecule has 0 radical (unpaired) electrons. The van der Waals surface area contributed by atoms with Crippen molar-refractivity contribution in [3.63, 3.8) is 0 Å². The lowest BCUT2D eigenvalue weighted by atomic mass is 9.74. The number of hydrogen-bond acceptors (Lipinski definition) is 4. The van der Waals surface area contributed by atoms with Crippen LogP contribution in [0.3, 0.4) is 0 Å². The van der Waals surface area contributed by atoms with E-state index in [1.165, 1.54) is 22.5 Å². The van der Waals surface area contributed by atoms with E-state index in [4.69, 9.17) is 0 Å². The topological polar surface area (TPSA) is 60.9 Å². The lowest BCUT2D eigenvalue weighted by Gasteiger charge is -2.57. The van der Waals surface area contributed by atoms with Gasteiger partial charge in [0.25, 0.3) is 0 Å². The zero-order valence-corrected chi connectivity index (χ0v) is 23.1. The second kappa shape index (κ2) is 10.9. The molecule has 2 fully saturated rings. The molecule has 2 saturated heterocycles. The molecule has 3 aromatic carbocycles. The fourth-order valence-corrected chi connectivity index (χ4v) is 7.89. The minimum Gasteiger partial charge on any atom is -0.395 e. The van der Waals surface area contributed by atoms with Gasteiger partial charge in [-0.3, -0.25) is 4.90 Å². The highest BCUT2D eigenvalue weighted by molar-refractivity contribution is 7.89. The molecule has 0 aliphatic carbocycles. The summed E-state index contributed by atoms with van der Waals surface area (Å²) < 4.78 is 83.5. The molecule has 5 rings (SSSR count). The highest BCUT2D eigenvalue weighted by atomic mass is 32.2. The van der Waals surface area contributed by atoms with Gasteiger partial charge in [0.2, 0.25) is 10.0 Å². The van der Waals surface area contributed by atoms with E-state index in [1.54, 1.807) is 13.0 Å². The van der Waals surface area contributed by atoms with Crippen LogP contribution >= 0.6 is 0 Å². The third-order valence-corrected chi connectivity index (χ3v) is 10.4. The Bertz CT molecular complexity index is 1490. The molecule has 3 aromatic rings. The average Bonchev–Trinajstić information content (AvgIpc) is 2.91. The molecule has 2 heterocycles. The second-order valence-corrected chi connectivity index (χ2v) is 12.5. The molecule has 2 aliphatic rings. The van der Waals surface area contributed by atoms with Crippen LogP contribution in [-0.2, 0) is 16.2 Å². The minimum absolute atomic E-state index is 0.0215. The molecule has 1 unspecified atom stereocenters. The molecule has 5 nitrogen and oxygen atoms in total. The standard InChI is InChI=1S/C30H32F4N2O3S/c1-19-20(2)25(31)14-13-23(19)21-9-11-22(12-10-21)29-26-17-35(15-5-6-16-36(26)27(29)18-37)40(38,39)28-8-4-3-7-24(28)30(32,33)34/h3-4,7-14,26-27,29,37H,5-6,15-18H2,1-2H3/t26-,27+,29?/m0/s1. The summed E-state index contributed by atoms with van der Waals surface area (Å²) in [5.41, 5.74) is 2.98. The molecule has 0 spiro atoms. The average molecular weight is 577 g/mol. The van der Waals surface area contributed by atoms with Crippen LogP contribution in [0.1, 0.15) is 41.0 Å². The van der Waals surface area contributed by atoms with E-state index in [2.05, 4.69) is 4.90 Å². The van der Waals surface area contributed by atoms with Crippen LogP contribution < -0.4 is 0 Å². The van der Waals surface area contributed by atoms with Crippen molar-refractivity contribution in [2.75, 3.05) is 26.2 Å². The summed E-state index contributed by atoms with van der Waals surface area (Å²) in [5.74, 6) is -0.469. The van der Waals surface area contributed by atoms with Crippen molar-refractivity contribution in [3.8, 4) is 11.1 Å². The summed E-state index contributed by atoms with van der Waals surface area (Å²) in [4.78, 5) is 1.34. The first-order chi connectivity index (χ1) is 18.9. The number of hydrogen-bond donors (Lipinski definition) is 1. The van der Waals surface area contributed by atoms with E-state index < -0.39 is 26.7 Å². The Labute approximate surface area is 232 Å². The summed E-state index contributed by atoms with van der Waals surface area (Å²) in [6.07, 6.45) is -3.64. The molecule has 40 heavy (non-hydrogen) atoms. The van der Waals surface area contributed by atoms with Gasteiger partial charge in [0.15, 0.2) is 0 Å². The SMILES string of the molecule is Cc1c(F)ccc(-c2ccc(C3[C@@H](CO)N4CCCCN(S(=O)(=O)c5ccccc5C(F)(F)F)C[C@@H]34)cc2)c1C. The maximum atomic E-state index is 14.0. The molecule has 214 valence electrons. The van der Waals surface area contributed by atoms with Crippen molar-refractivity contribution in [3.05, 3.63) is 88.7 Å².